The number of carbonyl (C=O) groups is 1. The van der Waals surface area contributed by atoms with Crippen LogP contribution in [0.1, 0.15) is 22.3 Å². The van der Waals surface area contributed by atoms with E-state index in [4.69, 9.17) is 4.74 Å². The molecule has 4 nitrogen and oxygen atoms in total. The fraction of sp³-hybridized carbons (Fsp3) is 0.462. The fourth-order valence-corrected chi connectivity index (χ4v) is 1.87. The van der Waals surface area contributed by atoms with E-state index in [-0.39, 0.29) is 11.7 Å². The van der Waals surface area contributed by atoms with Gasteiger partial charge in [-0.1, -0.05) is 6.07 Å². The first-order chi connectivity index (χ1) is 8.18. The van der Waals surface area contributed by atoms with Crippen molar-refractivity contribution in [2.24, 2.45) is 0 Å². The zero-order chi connectivity index (χ0) is 12.3. The molecule has 2 rings (SSSR count). The predicted molar refractivity (Wildman–Crippen MR) is 64.2 cm³/mol. The van der Waals surface area contributed by atoms with Crippen molar-refractivity contribution >= 4 is 5.91 Å². The quantitative estimate of drug-likeness (QED) is 0.803. The van der Waals surface area contributed by atoms with Crippen LogP contribution in [-0.4, -0.2) is 42.2 Å². The molecule has 1 heterocycles. The topological polar surface area (TPSA) is 49.8 Å². The lowest BCUT2D eigenvalue weighted by atomic mass is 10.1. The number of amides is 1. The zero-order valence-corrected chi connectivity index (χ0v) is 9.98. The van der Waals surface area contributed by atoms with Gasteiger partial charge in [0.15, 0.2) is 0 Å². The minimum atomic E-state index is -0.0363. The van der Waals surface area contributed by atoms with E-state index in [9.17, 15) is 9.90 Å². The number of hydrogen-bond donors (Lipinski definition) is 1. The molecule has 0 aromatic heterocycles. The number of rotatable bonds is 1. The van der Waals surface area contributed by atoms with Crippen molar-refractivity contribution in [1.82, 2.24) is 4.90 Å². The van der Waals surface area contributed by atoms with E-state index in [0.29, 0.717) is 31.9 Å². The standard InChI is InChI=1S/C13H17NO3/c1-10-3-4-11(9-12(10)15)13(16)14-5-2-7-17-8-6-14/h3-4,9,15H,2,5-8H2,1H3. The van der Waals surface area contributed by atoms with Crippen LogP contribution < -0.4 is 0 Å². The molecule has 1 aliphatic heterocycles. The third-order valence-corrected chi connectivity index (χ3v) is 2.97. The second kappa shape index (κ2) is 5.19. The third kappa shape index (κ3) is 2.77. The molecule has 1 saturated heterocycles. The van der Waals surface area contributed by atoms with Crippen molar-refractivity contribution in [1.29, 1.82) is 0 Å². The smallest absolute Gasteiger partial charge is 0.254 e. The lowest BCUT2D eigenvalue weighted by Gasteiger charge is -2.19. The Kier molecular flexibility index (Phi) is 3.64. The van der Waals surface area contributed by atoms with Gasteiger partial charge in [-0.2, -0.15) is 0 Å². The number of phenols is 1. The Morgan fingerprint density at radius 3 is 2.94 bits per heavy atom. The van der Waals surface area contributed by atoms with E-state index >= 15 is 0 Å². The number of nitrogens with zero attached hydrogens (tertiary/aromatic N) is 1. The SMILES string of the molecule is Cc1ccc(C(=O)N2CCCOCC2)cc1O. The van der Waals surface area contributed by atoms with E-state index in [1.165, 1.54) is 6.07 Å². The number of hydrogen-bond acceptors (Lipinski definition) is 3. The van der Waals surface area contributed by atoms with Crippen LogP contribution in [0.25, 0.3) is 0 Å². The highest BCUT2D eigenvalue weighted by Crippen LogP contribution is 2.19. The van der Waals surface area contributed by atoms with Crippen LogP contribution in [0.15, 0.2) is 18.2 Å². The van der Waals surface area contributed by atoms with Crippen LogP contribution in [0, 0.1) is 6.92 Å². The third-order valence-electron chi connectivity index (χ3n) is 2.97. The lowest BCUT2D eigenvalue weighted by Crippen LogP contribution is -2.33. The van der Waals surface area contributed by atoms with Gasteiger partial charge in [0, 0.05) is 25.3 Å². The summed E-state index contributed by atoms with van der Waals surface area (Å²) in [5.74, 6) is 0.132. The molecule has 92 valence electrons. The monoisotopic (exact) mass is 235 g/mol. The van der Waals surface area contributed by atoms with Crippen LogP contribution >= 0.6 is 0 Å². The van der Waals surface area contributed by atoms with Gasteiger partial charge in [0.2, 0.25) is 0 Å². The second-order valence-corrected chi connectivity index (χ2v) is 4.26. The second-order valence-electron chi connectivity index (χ2n) is 4.26. The van der Waals surface area contributed by atoms with Crippen LogP contribution in [-0.2, 0) is 4.74 Å². The largest absolute Gasteiger partial charge is 0.508 e. The van der Waals surface area contributed by atoms with E-state index in [1.807, 2.05) is 6.92 Å². The van der Waals surface area contributed by atoms with Gasteiger partial charge >= 0.3 is 0 Å². The van der Waals surface area contributed by atoms with Crippen LogP contribution in [0.3, 0.4) is 0 Å². The molecule has 0 atom stereocenters. The van der Waals surface area contributed by atoms with Gasteiger partial charge in [0.25, 0.3) is 5.91 Å². The Labute approximate surface area is 101 Å². The molecule has 0 bridgehead atoms. The minimum absolute atomic E-state index is 0.0363. The molecule has 1 fully saturated rings. The maximum atomic E-state index is 12.2. The van der Waals surface area contributed by atoms with Crippen LogP contribution in [0.5, 0.6) is 5.75 Å². The summed E-state index contributed by atoms with van der Waals surface area (Å²) in [6.07, 6.45) is 0.865. The number of aryl methyl sites for hydroxylation is 1. The molecule has 0 unspecified atom stereocenters. The summed E-state index contributed by atoms with van der Waals surface area (Å²) in [5, 5.41) is 9.61. The van der Waals surface area contributed by atoms with E-state index in [0.717, 1.165) is 12.0 Å². The maximum absolute atomic E-state index is 12.2. The highest BCUT2D eigenvalue weighted by atomic mass is 16.5. The van der Waals surface area contributed by atoms with Crippen LogP contribution in [0.2, 0.25) is 0 Å². The summed E-state index contributed by atoms with van der Waals surface area (Å²) in [7, 11) is 0. The number of aromatic hydroxyl groups is 1. The predicted octanol–water partition coefficient (Wildman–Crippen LogP) is 1.56. The highest BCUT2D eigenvalue weighted by molar-refractivity contribution is 5.94. The molecule has 17 heavy (non-hydrogen) atoms. The van der Waals surface area contributed by atoms with Crippen molar-refractivity contribution in [3.05, 3.63) is 29.3 Å². The summed E-state index contributed by atoms with van der Waals surface area (Å²) in [6.45, 7) is 4.44. The van der Waals surface area contributed by atoms with Crippen LogP contribution in [0.4, 0.5) is 0 Å². The summed E-state index contributed by atoms with van der Waals surface area (Å²) >= 11 is 0. The first-order valence-corrected chi connectivity index (χ1v) is 5.85. The Morgan fingerprint density at radius 2 is 2.18 bits per heavy atom. The molecule has 1 aromatic carbocycles. The Balaban J connectivity index is 2.14. The normalized spacial score (nSPS) is 16.6. The van der Waals surface area contributed by atoms with Gasteiger partial charge in [0.1, 0.15) is 5.75 Å². The molecular formula is C13H17NO3. The average Bonchev–Trinajstić information content (AvgIpc) is 2.60. The van der Waals surface area contributed by atoms with E-state index in [1.54, 1.807) is 17.0 Å². The number of carbonyl (C=O) groups excluding carboxylic acids is 1. The van der Waals surface area contributed by atoms with E-state index < -0.39 is 0 Å². The molecule has 1 amide bonds. The molecule has 1 aliphatic rings. The van der Waals surface area contributed by atoms with Crippen molar-refractivity contribution in [2.75, 3.05) is 26.3 Å². The molecule has 0 aliphatic carbocycles. The molecule has 1 aromatic rings. The molecule has 0 radical (unpaired) electrons. The number of ether oxygens (including phenoxy) is 1. The van der Waals surface area contributed by atoms with Gasteiger partial charge in [0.05, 0.1) is 6.61 Å². The van der Waals surface area contributed by atoms with Gasteiger partial charge < -0.3 is 14.7 Å². The Bertz CT molecular complexity index is 409. The van der Waals surface area contributed by atoms with Crippen molar-refractivity contribution in [3.8, 4) is 5.75 Å². The maximum Gasteiger partial charge on any atom is 0.254 e. The summed E-state index contributed by atoms with van der Waals surface area (Å²) in [6, 6.07) is 5.05. The van der Waals surface area contributed by atoms with Gasteiger partial charge in [-0.15, -0.1) is 0 Å². The summed E-state index contributed by atoms with van der Waals surface area (Å²) in [4.78, 5) is 14.0. The highest BCUT2D eigenvalue weighted by Gasteiger charge is 2.17. The average molecular weight is 235 g/mol. The zero-order valence-electron chi connectivity index (χ0n) is 9.98. The molecule has 4 heteroatoms. The van der Waals surface area contributed by atoms with Gasteiger partial charge in [-0.3, -0.25) is 4.79 Å². The fourth-order valence-electron chi connectivity index (χ4n) is 1.87. The first kappa shape index (κ1) is 11.9. The van der Waals surface area contributed by atoms with Crippen molar-refractivity contribution < 1.29 is 14.6 Å². The first-order valence-electron chi connectivity index (χ1n) is 5.85. The number of benzene rings is 1. The summed E-state index contributed by atoms with van der Waals surface area (Å²) < 4.78 is 5.31. The lowest BCUT2D eigenvalue weighted by molar-refractivity contribution is 0.0741. The van der Waals surface area contributed by atoms with Gasteiger partial charge in [-0.25, -0.2) is 0 Å². The molecule has 0 saturated carbocycles. The van der Waals surface area contributed by atoms with Gasteiger partial charge in [-0.05, 0) is 31.0 Å². The summed E-state index contributed by atoms with van der Waals surface area (Å²) in [5.41, 5.74) is 1.32. The Hall–Kier alpha value is -1.55. The Morgan fingerprint density at radius 1 is 1.35 bits per heavy atom. The van der Waals surface area contributed by atoms with E-state index in [2.05, 4.69) is 0 Å². The minimum Gasteiger partial charge on any atom is -0.508 e. The molecule has 0 spiro atoms. The molecular weight excluding hydrogens is 218 g/mol. The van der Waals surface area contributed by atoms with Crippen molar-refractivity contribution in [3.63, 3.8) is 0 Å². The molecule has 1 N–H and O–H groups in total. The van der Waals surface area contributed by atoms with Crippen molar-refractivity contribution in [2.45, 2.75) is 13.3 Å². The number of phenolic OH excluding ortho intramolecular Hbond substituents is 1.